The number of rotatable bonds is 22. The highest BCUT2D eigenvalue weighted by Gasteiger charge is 2.28. The van der Waals surface area contributed by atoms with E-state index < -0.39 is 60.6 Å². The summed E-state index contributed by atoms with van der Waals surface area (Å²) in [6, 6.07) is 4.38. The van der Waals surface area contributed by atoms with E-state index in [0.29, 0.717) is 52.7 Å². The number of amides is 2. The predicted molar refractivity (Wildman–Crippen MR) is 247 cm³/mol. The molecule has 5 heterocycles. The number of hydrogen-bond donors (Lipinski definition) is 8. The summed E-state index contributed by atoms with van der Waals surface area (Å²) in [5.41, 5.74) is 11.7. The number of aryl methyl sites for hydroxylation is 2. The van der Waals surface area contributed by atoms with Crippen LogP contribution in [0.1, 0.15) is 150 Å². The summed E-state index contributed by atoms with van der Waals surface area (Å²) < 4.78 is 12.6. The first-order valence-corrected chi connectivity index (χ1v) is 22.1. The molecule has 4 atom stereocenters. The Bertz CT molecular complexity index is 2640. The zero-order valence-electron chi connectivity index (χ0n) is 38.6. The molecule has 3 aromatic rings. The summed E-state index contributed by atoms with van der Waals surface area (Å²) in [5.74, 6) is -7.07. The van der Waals surface area contributed by atoms with Crippen molar-refractivity contribution in [3.63, 3.8) is 0 Å². The normalized spacial score (nSPS) is 14.4. The van der Waals surface area contributed by atoms with Crippen molar-refractivity contribution < 1.29 is 58.7 Å². The van der Waals surface area contributed by atoms with Crippen LogP contribution in [0.5, 0.6) is 0 Å². The molecule has 8 N–H and O–H groups in total. The zero-order chi connectivity index (χ0) is 48.6. The van der Waals surface area contributed by atoms with Crippen molar-refractivity contribution in [3.05, 3.63) is 69.3 Å². The number of carbonyl (C=O) groups excluding carboxylic acids is 2. The molecule has 2 aliphatic heterocycles. The Hall–Kier alpha value is -6.66. The van der Waals surface area contributed by atoms with Gasteiger partial charge < -0.3 is 50.5 Å². The third-order valence-corrected chi connectivity index (χ3v) is 11.8. The van der Waals surface area contributed by atoms with E-state index in [2.05, 4.69) is 26.7 Å². The molecule has 18 heteroatoms. The van der Waals surface area contributed by atoms with Crippen LogP contribution in [0, 0.1) is 13.8 Å². The van der Waals surface area contributed by atoms with E-state index in [1.165, 1.54) is 0 Å². The fourth-order valence-electron chi connectivity index (χ4n) is 8.34. The lowest BCUT2D eigenvalue weighted by atomic mass is 9.97. The highest BCUT2D eigenvalue weighted by atomic mass is 16.5. The van der Waals surface area contributed by atoms with Crippen molar-refractivity contribution in [3.8, 4) is 0 Å². The number of fused-ring (bicyclic) bond motifs is 8. The number of allylic oxidation sites excluding steroid dienone is 4. The van der Waals surface area contributed by atoms with Gasteiger partial charge in [0.2, 0.25) is 11.8 Å². The Balaban J connectivity index is 1.78. The number of nitrogens with one attached hydrogen (secondary N) is 4. The number of nitrogens with zero attached hydrogens (tertiary/aromatic N) is 2. The molecule has 0 aromatic carbocycles. The Kier molecular flexibility index (Phi) is 16.8. The Morgan fingerprint density at radius 2 is 0.955 bits per heavy atom. The molecular weight excluding hydrogens is 853 g/mol. The number of hydrogen-bond acceptors (Lipinski definition) is 10. The van der Waals surface area contributed by atoms with Gasteiger partial charge in [0.25, 0.3) is 0 Å². The monoisotopic (exact) mass is 912 g/mol. The molecule has 18 nitrogen and oxygen atoms in total. The first-order chi connectivity index (χ1) is 31.2. The Morgan fingerprint density at radius 1 is 0.576 bits per heavy atom. The molecule has 4 unspecified atom stereocenters. The number of H-pyrrole nitrogens is 2. The maximum Gasteiger partial charge on any atom is 0.326 e. The average Bonchev–Trinajstić information content (AvgIpc) is 3.92. The van der Waals surface area contributed by atoms with Crippen molar-refractivity contribution in [2.24, 2.45) is 0 Å². The van der Waals surface area contributed by atoms with Gasteiger partial charge >= 0.3 is 23.9 Å². The third-order valence-electron chi connectivity index (χ3n) is 11.8. The minimum Gasteiger partial charge on any atom is -0.481 e. The van der Waals surface area contributed by atoms with Gasteiger partial charge in [0.05, 0.1) is 47.8 Å². The lowest BCUT2D eigenvalue weighted by Gasteiger charge is -2.13. The highest BCUT2D eigenvalue weighted by Crippen LogP contribution is 2.39. The maximum absolute atomic E-state index is 13.2. The van der Waals surface area contributed by atoms with Crippen LogP contribution in [0.4, 0.5) is 0 Å². The van der Waals surface area contributed by atoms with Gasteiger partial charge in [-0.25, -0.2) is 19.6 Å². The molecular formula is C48H60N6O12. The van der Waals surface area contributed by atoms with Gasteiger partial charge in [0, 0.05) is 59.2 Å². The second-order valence-corrected chi connectivity index (χ2v) is 16.7. The molecule has 2 aliphatic rings. The van der Waals surface area contributed by atoms with Crippen molar-refractivity contribution in [1.82, 2.24) is 30.6 Å². The lowest BCUT2D eigenvalue weighted by molar-refractivity contribution is -0.147. The highest BCUT2D eigenvalue weighted by molar-refractivity contribution is 5.97. The van der Waals surface area contributed by atoms with E-state index in [1.807, 2.05) is 67.5 Å². The molecule has 3 aromatic heterocycles. The largest absolute Gasteiger partial charge is 0.481 e. The topological polar surface area (TPSA) is 283 Å². The summed E-state index contributed by atoms with van der Waals surface area (Å²) in [6.45, 7) is 16.9. The molecule has 0 aliphatic carbocycles. The summed E-state index contributed by atoms with van der Waals surface area (Å²) >= 11 is 0. The van der Waals surface area contributed by atoms with Gasteiger partial charge in [-0.1, -0.05) is 13.8 Å². The van der Waals surface area contributed by atoms with E-state index >= 15 is 0 Å². The Morgan fingerprint density at radius 3 is 1.33 bits per heavy atom. The van der Waals surface area contributed by atoms with Crippen LogP contribution in [0.15, 0.2) is 24.3 Å². The van der Waals surface area contributed by atoms with E-state index in [9.17, 15) is 49.2 Å². The Labute approximate surface area is 381 Å². The van der Waals surface area contributed by atoms with E-state index in [4.69, 9.17) is 19.4 Å². The van der Waals surface area contributed by atoms with Crippen LogP contribution in [0.2, 0.25) is 0 Å². The quantitative estimate of drug-likeness (QED) is 0.0487. The predicted octanol–water partition coefficient (Wildman–Crippen LogP) is 7.42. The number of ether oxygens (including phenoxy) is 2. The summed E-state index contributed by atoms with van der Waals surface area (Å²) in [4.78, 5) is 90.1. The van der Waals surface area contributed by atoms with Gasteiger partial charge in [0.15, 0.2) is 0 Å². The molecule has 0 radical (unpaired) electrons. The minimum atomic E-state index is -1.63. The first kappa shape index (κ1) is 50.3. The summed E-state index contributed by atoms with van der Waals surface area (Å²) in [7, 11) is 0. The standard InChI is InChI=1S/C48H60N6O12/c1-9-15-65-27(7)45-25(5)33-17-31-23(3)29(11-13-41(55)53-39(47(61)62)21-43(57)58)35(49-31)20-36-30(12-14-42(56)54-40(48(63)64)22-44(59)60)24(4)32(50-36)18-37-46(28(8)66-16-10-2)26(6)34(52-37)19-38(45)51-33/h17-20,27-28,39-40,51-52H,9-16,21-22H2,1-8H3,(H,53,55)(H,54,56)(H,57,58)(H,59,60)(H,61,62)(H,63,64). The van der Waals surface area contributed by atoms with Crippen LogP contribution in [-0.2, 0) is 38.2 Å². The van der Waals surface area contributed by atoms with Crippen LogP contribution in [0.3, 0.4) is 0 Å². The number of carboxylic acids is 4. The van der Waals surface area contributed by atoms with E-state index in [1.54, 1.807) is 6.07 Å². The van der Waals surface area contributed by atoms with Gasteiger partial charge in [-0.15, -0.1) is 0 Å². The molecule has 354 valence electrons. The van der Waals surface area contributed by atoms with Crippen LogP contribution in [0.25, 0.3) is 44.4 Å². The summed E-state index contributed by atoms with van der Waals surface area (Å²) in [5, 5.41) is 42.3. The number of aromatic amines is 2. The molecule has 0 fully saturated rings. The number of carbonyl (C=O) groups is 6. The smallest absolute Gasteiger partial charge is 0.326 e. The van der Waals surface area contributed by atoms with Gasteiger partial charge in [-0.2, -0.15) is 0 Å². The molecule has 5 rings (SSSR count). The zero-order valence-corrected chi connectivity index (χ0v) is 38.6. The van der Waals surface area contributed by atoms with Gasteiger partial charge in [-0.3, -0.25) is 19.2 Å². The fraction of sp³-hybridized carbons (Fsp3) is 0.458. The lowest BCUT2D eigenvalue weighted by Crippen LogP contribution is -2.42. The van der Waals surface area contributed by atoms with Crippen LogP contribution < -0.4 is 10.6 Å². The second kappa shape index (κ2) is 22.0. The number of aromatic nitrogens is 4. The summed E-state index contributed by atoms with van der Waals surface area (Å²) in [6.07, 6.45) is -0.816. The van der Waals surface area contributed by atoms with Crippen molar-refractivity contribution in [2.45, 2.75) is 131 Å². The van der Waals surface area contributed by atoms with Crippen LogP contribution in [-0.4, -0.2) is 101 Å². The average molecular weight is 913 g/mol. The molecule has 0 saturated heterocycles. The molecule has 0 saturated carbocycles. The van der Waals surface area contributed by atoms with E-state index in [0.717, 1.165) is 62.7 Å². The van der Waals surface area contributed by atoms with Gasteiger partial charge in [0.1, 0.15) is 12.1 Å². The SMILES string of the molecule is CCCOC(C)c1c(C)c2cc3[nH]c(cc4nc(cc5nc(cc1[nH]2)C(C)=C5CCC(=O)NC(CC(=O)O)C(=O)O)C(CCC(=O)NC(CC(=O)O)C(=O)O)=C4C)c(C)c3C(C)OCCC. The molecule has 66 heavy (non-hydrogen) atoms. The molecule has 8 bridgehead atoms. The molecule has 2 amide bonds. The van der Waals surface area contributed by atoms with Crippen molar-refractivity contribution in [1.29, 1.82) is 0 Å². The minimum absolute atomic E-state index is 0.0805. The van der Waals surface area contributed by atoms with Crippen molar-refractivity contribution >= 4 is 80.1 Å². The second-order valence-electron chi connectivity index (χ2n) is 16.7. The van der Waals surface area contributed by atoms with Gasteiger partial charge in [-0.05, 0) is 125 Å². The third kappa shape index (κ3) is 12.0. The molecule has 0 spiro atoms. The van der Waals surface area contributed by atoms with Crippen molar-refractivity contribution in [2.75, 3.05) is 13.2 Å². The fourth-order valence-corrected chi connectivity index (χ4v) is 8.34. The maximum atomic E-state index is 13.2. The number of carboxylic acid groups (broad SMARTS) is 4. The van der Waals surface area contributed by atoms with E-state index in [-0.39, 0.29) is 37.9 Å². The number of aliphatic carboxylic acids is 4. The van der Waals surface area contributed by atoms with Crippen LogP contribution >= 0.6 is 0 Å². The first-order valence-electron chi connectivity index (χ1n) is 22.1.